The summed E-state index contributed by atoms with van der Waals surface area (Å²) in [5, 5.41) is 0. The van der Waals surface area contributed by atoms with E-state index in [0.717, 1.165) is 10.0 Å². The van der Waals surface area contributed by atoms with Crippen LogP contribution in [0.2, 0.25) is 0 Å². The van der Waals surface area contributed by atoms with Crippen molar-refractivity contribution in [3.63, 3.8) is 0 Å². The molecule has 0 N–H and O–H groups in total. The summed E-state index contributed by atoms with van der Waals surface area (Å²) in [4.78, 5) is 11.9. The van der Waals surface area contributed by atoms with Crippen molar-refractivity contribution in [2.75, 3.05) is 0 Å². The van der Waals surface area contributed by atoms with Gasteiger partial charge in [0.15, 0.2) is 5.78 Å². The van der Waals surface area contributed by atoms with Crippen LogP contribution in [0.25, 0.3) is 0 Å². The van der Waals surface area contributed by atoms with E-state index < -0.39 is 0 Å². The molecule has 1 nitrogen and oxygen atoms in total. The van der Waals surface area contributed by atoms with Crippen LogP contribution in [-0.2, 0) is 0 Å². The normalized spacial score (nSPS) is 18.2. The molecule has 0 heterocycles. The van der Waals surface area contributed by atoms with Crippen LogP contribution in [-0.4, -0.2) is 5.78 Å². The highest BCUT2D eigenvalue weighted by Crippen LogP contribution is 2.37. The first kappa shape index (κ1) is 10.7. The fourth-order valence-corrected chi connectivity index (χ4v) is 2.72. The van der Waals surface area contributed by atoms with Crippen LogP contribution in [0.3, 0.4) is 0 Å². The number of carbonyl (C=O) groups excluding carboxylic acids is 1. The molecule has 17 heavy (non-hydrogen) atoms. The van der Waals surface area contributed by atoms with E-state index in [2.05, 4.69) is 34.1 Å². The van der Waals surface area contributed by atoms with Gasteiger partial charge in [-0.15, -0.1) is 0 Å². The van der Waals surface area contributed by atoms with Crippen LogP contribution in [0.1, 0.15) is 33.8 Å². The summed E-state index contributed by atoms with van der Waals surface area (Å²) < 4.78 is 1.07. The van der Waals surface area contributed by atoms with Crippen molar-refractivity contribution in [3.05, 3.63) is 69.7 Å². The van der Waals surface area contributed by atoms with E-state index in [1.165, 1.54) is 11.1 Å². The predicted molar refractivity (Wildman–Crippen MR) is 71.4 cm³/mol. The fraction of sp³-hybridized carbons (Fsp3) is 0.133. The van der Waals surface area contributed by atoms with Gasteiger partial charge in [0.05, 0.1) is 0 Å². The van der Waals surface area contributed by atoms with Gasteiger partial charge in [-0.25, -0.2) is 0 Å². The number of carbonyl (C=O) groups is 1. The SMILES string of the molecule is O=C1CC(c2ccc(Br)cc2)c2ccccc21. The van der Waals surface area contributed by atoms with E-state index in [9.17, 15) is 4.79 Å². The van der Waals surface area contributed by atoms with Gasteiger partial charge in [0.1, 0.15) is 0 Å². The van der Waals surface area contributed by atoms with Crippen LogP contribution in [0.15, 0.2) is 53.0 Å². The molecule has 0 fully saturated rings. The smallest absolute Gasteiger partial charge is 0.164 e. The van der Waals surface area contributed by atoms with Crippen LogP contribution in [0.5, 0.6) is 0 Å². The van der Waals surface area contributed by atoms with Crippen molar-refractivity contribution >= 4 is 21.7 Å². The van der Waals surface area contributed by atoms with Gasteiger partial charge in [-0.2, -0.15) is 0 Å². The Morgan fingerprint density at radius 3 is 2.47 bits per heavy atom. The molecule has 0 amide bonds. The zero-order chi connectivity index (χ0) is 11.8. The third-order valence-electron chi connectivity index (χ3n) is 3.30. The minimum atomic E-state index is 0.229. The Labute approximate surface area is 109 Å². The number of fused-ring (bicyclic) bond motifs is 1. The summed E-state index contributed by atoms with van der Waals surface area (Å²) in [6, 6.07) is 16.2. The Balaban J connectivity index is 2.07. The molecule has 0 saturated heterocycles. The number of hydrogen-bond acceptors (Lipinski definition) is 1. The molecule has 0 spiro atoms. The highest BCUT2D eigenvalue weighted by atomic mass is 79.9. The summed E-state index contributed by atoms with van der Waals surface area (Å²) in [5.41, 5.74) is 3.27. The monoisotopic (exact) mass is 286 g/mol. The lowest BCUT2D eigenvalue weighted by Gasteiger charge is -2.10. The van der Waals surface area contributed by atoms with Gasteiger partial charge in [0.2, 0.25) is 0 Å². The number of hydrogen-bond donors (Lipinski definition) is 0. The van der Waals surface area contributed by atoms with Gasteiger partial charge < -0.3 is 0 Å². The summed E-state index contributed by atoms with van der Waals surface area (Å²) >= 11 is 3.43. The quantitative estimate of drug-likeness (QED) is 0.769. The fourth-order valence-electron chi connectivity index (χ4n) is 2.45. The molecule has 0 radical (unpaired) electrons. The minimum absolute atomic E-state index is 0.229. The first-order valence-corrected chi connectivity index (χ1v) is 6.42. The molecule has 1 aliphatic carbocycles. The molecule has 1 unspecified atom stereocenters. The molecule has 2 aromatic rings. The highest BCUT2D eigenvalue weighted by Gasteiger charge is 2.29. The largest absolute Gasteiger partial charge is 0.294 e. The van der Waals surface area contributed by atoms with Crippen LogP contribution in [0.4, 0.5) is 0 Å². The van der Waals surface area contributed by atoms with Gasteiger partial charge in [-0.1, -0.05) is 52.3 Å². The zero-order valence-corrected chi connectivity index (χ0v) is 10.8. The topological polar surface area (TPSA) is 17.1 Å². The van der Waals surface area contributed by atoms with E-state index in [1.54, 1.807) is 0 Å². The van der Waals surface area contributed by atoms with Crippen molar-refractivity contribution in [3.8, 4) is 0 Å². The maximum atomic E-state index is 11.9. The Kier molecular flexibility index (Phi) is 2.60. The molecule has 3 rings (SSSR count). The standard InChI is InChI=1S/C15H11BrO/c16-11-7-5-10(6-8-11)14-9-15(17)13-4-2-1-3-12(13)14/h1-8,14H,9H2. The van der Waals surface area contributed by atoms with Crippen LogP contribution in [0, 0.1) is 0 Å². The van der Waals surface area contributed by atoms with Gasteiger partial charge in [-0.3, -0.25) is 4.79 Å². The van der Waals surface area contributed by atoms with Crippen molar-refractivity contribution in [2.45, 2.75) is 12.3 Å². The van der Waals surface area contributed by atoms with E-state index in [4.69, 9.17) is 0 Å². The number of benzene rings is 2. The molecule has 1 atom stereocenters. The molecular formula is C15H11BrO. The van der Waals surface area contributed by atoms with E-state index in [0.29, 0.717) is 6.42 Å². The molecule has 84 valence electrons. The Bertz CT molecular complexity index is 572. The number of halogens is 1. The van der Waals surface area contributed by atoms with Gasteiger partial charge in [0.25, 0.3) is 0 Å². The molecule has 1 aliphatic rings. The Morgan fingerprint density at radius 2 is 1.71 bits per heavy atom. The number of ketones is 1. The first-order chi connectivity index (χ1) is 8.25. The van der Waals surface area contributed by atoms with Crippen molar-refractivity contribution in [1.82, 2.24) is 0 Å². The summed E-state index contributed by atoms with van der Waals surface area (Å²) in [7, 11) is 0. The number of Topliss-reactive ketones (excluding diaryl/α,β-unsaturated/α-hetero) is 1. The third-order valence-corrected chi connectivity index (χ3v) is 3.83. The minimum Gasteiger partial charge on any atom is -0.294 e. The van der Waals surface area contributed by atoms with Gasteiger partial charge in [0, 0.05) is 22.4 Å². The van der Waals surface area contributed by atoms with Crippen molar-refractivity contribution in [1.29, 1.82) is 0 Å². The van der Waals surface area contributed by atoms with Crippen LogP contribution < -0.4 is 0 Å². The third kappa shape index (κ3) is 1.83. The molecule has 0 aliphatic heterocycles. The lowest BCUT2D eigenvalue weighted by atomic mass is 9.93. The second kappa shape index (κ2) is 4.11. The van der Waals surface area contributed by atoms with Crippen LogP contribution >= 0.6 is 15.9 Å². The average Bonchev–Trinajstić information content (AvgIpc) is 2.69. The molecule has 0 bridgehead atoms. The van der Waals surface area contributed by atoms with Gasteiger partial charge in [-0.05, 0) is 23.3 Å². The Morgan fingerprint density at radius 1 is 1.00 bits per heavy atom. The molecule has 0 saturated carbocycles. The van der Waals surface area contributed by atoms with E-state index in [1.807, 2.05) is 30.3 Å². The second-order valence-electron chi connectivity index (χ2n) is 4.32. The molecule has 2 heteroatoms. The van der Waals surface area contributed by atoms with Gasteiger partial charge >= 0.3 is 0 Å². The van der Waals surface area contributed by atoms with Crippen molar-refractivity contribution < 1.29 is 4.79 Å². The highest BCUT2D eigenvalue weighted by molar-refractivity contribution is 9.10. The Hall–Kier alpha value is -1.41. The summed E-state index contributed by atoms with van der Waals surface area (Å²) in [6.45, 7) is 0. The molecule has 0 aromatic heterocycles. The lowest BCUT2D eigenvalue weighted by Crippen LogP contribution is -1.96. The average molecular weight is 287 g/mol. The maximum absolute atomic E-state index is 11.9. The summed E-state index contributed by atoms with van der Waals surface area (Å²) in [5.74, 6) is 0.486. The zero-order valence-electron chi connectivity index (χ0n) is 9.19. The summed E-state index contributed by atoms with van der Waals surface area (Å²) in [6.07, 6.45) is 0.598. The van der Waals surface area contributed by atoms with E-state index >= 15 is 0 Å². The second-order valence-corrected chi connectivity index (χ2v) is 5.23. The lowest BCUT2D eigenvalue weighted by molar-refractivity contribution is 0.0991. The first-order valence-electron chi connectivity index (χ1n) is 5.63. The predicted octanol–water partition coefficient (Wildman–Crippen LogP) is 4.17. The molecular weight excluding hydrogens is 276 g/mol. The maximum Gasteiger partial charge on any atom is 0.164 e. The van der Waals surface area contributed by atoms with Crippen molar-refractivity contribution in [2.24, 2.45) is 0 Å². The van der Waals surface area contributed by atoms with E-state index in [-0.39, 0.29) is 11.7 Å². The molecule has 2 aromatic carbocycles. The number of rotatable bonds is 1.